The molecule has 0 N–H and O–H groups in total. The second kappa shape index (κ2) is 4.59. The maximum atomic E-state index is 12.5. The third-order valence-corrected chi connectivity index (χ3v) is 3.39. The number of nitrogens with zero attached hydrogens (tertiary/aromatic N) is 2. The minimum atomic E-state index is -0.663. The molecule has 1 aromatic carbocycles. The highest BCUT2D eigenvalue weighted by molar-refractivity contribution is 6.15. The Balaban J connectivity index is 2.11. The molecule has 3 aromatic rings. The first-order chi connectivity index (χ1) is 9.97. The molecule has 0 aliphatic carbocycles. The normalized spacial score (nSPS) is 11.0. The number of aryl methyl sites for hydroxylation is 2. The van der Waals surface area contributed by atoms with Crippen molar-refractivity contribution < 1.29 is 14.1 Å². The van der Waals surface area contributed by atoms with E-state index in [2.05, 4.69) is 0 Å². The van der Waals surface area contributed by atoms with Crippen molar-refractivity contribution in [1.82, 2.24) is 4.57 Å². The van der Waals surface area contributed by atoms with E-state index in [1.54, 1.807) is 6.20 Å². The van der Waals surface area contributed by atoms with E-state index in [1.807, 2.05) is 36.7 Å². The van der Waals surface area contributed by atoms with Gasteiger partial charge < -0.3 is 8.98 Å². The maximum absolute atomic E-state index is 12.5. The van der Waals surface area contributed by atoms with E-state index in [1.165, 1.54) is 12.1 Å². The average molecular weight is 284 g/mol. The number of carbonyl (C=O) groups excluding carboxylic acids is 1. The van der Waals surface area contributed by atoms with Crippen molar-refractivity contribution in [3.05, 3.63) is 63.5 Å². The Bertz CT molecular complexity index is 873. The molecule has 2 aromatic heterocycles. The lowest BCUT2D eigenvalue weighted by molar-refractivity contribution is -0.402. The second-order valence-electron chi connectivity index (χ2n) is 4.90. The van der Waals surface area contributed by atoms with Crippen LogP contribution in [0.5, 0.6) is 0 Å². The molecule has 0 saturated carbocycles. The third-order valence-electron chi connectivity index (χ3n) is 3.39. The number of fused-ring (bicyclic) bond motifs is 1. The summed E-state index contributed by atoms with van der Waals surface area (Å²) >= 11 is 0. The lowest BCUT2D eigenvalue weighted by Gasteiger charge is -1.97. The molecule has 0 bridgehead atoms. The van der Waals surface area contributed by atoms with Crippen LogP contribution in [-0.4, -0.2) is 15.3 Å². The van der Waals surface area contributed by atoms with Crippen LogP contribution in [0.2, 0.25) is 0 Å². The fourth-order valence-corrected chi connectivity index (χ4v) is 2.36. The minimum Gasteiger partial charge on any atom is -0.397 e. The Labute approximate surface area is 119 Å². The first kappa shape index (κ1) is 13.1. The van der Waals surface area contributed by atoms with E-state index in [9.17, 15) is 14.9 Å². The predicted octanol–water partition coefficient (Wildman–Crippen LogP) is 3.22. The standard InChI is InChI=1S/C15H12N2O4/c1-9-3-4-10-11(8-16(2)12(10)7-9)15(18)13-5-6-14(21-13)17(19)20/h3-8H,1-2H3. The van der Waals surface area contributed by atoms with E-state index in [0.717, 1.165) is 16.5 Å². The highest BCUT2D eigenvalue weighted by Gasteiger charge is 2.21. The fraction of sp³-hybridized carbons (Fsp3) is 0.133. The molecule has 0 saturated heterocycles. The zero-order valence-electron chi connectivity index (χ0n) is 11.5. The van der Waals surface area contributed by atoms with Crippen LogP contribution in [0.15, 0.2) is 40.9 Å². The summed E-state index contributed by atoms with van der Waals surface area (Å²) in [7, 11) is 1.85. The van der Waals surface area contributed by atoms with Crippen molar-refractivity contribution >= 4 is 22.6 Å². The van der Waals surface area contributed by atoms with Crippen LogP contribution in [-0.2, 0) is 7.05 Å². The highest BCUT2D eigenvalue weighted by Crippen LogP contribution is 2.26. The number of carbonyl (C=O) groups is 1. The van der Waals surface area contributed by atoms with Crippen LogP contribution >= 0.6 is 0 Å². The molecule has 0 aliphatic heterocycles. The average Bonchev–Trinajstić information content (AvgIpc) is 3.04. The lowest BCUT2D eigenvalue weighted by Crippen LogP contribution is -1.98. The summed E-state index contributed by atoms with van der Waals surface area (Å²) in [6, 6.07) is 8.28. The molecule has 6 nitrogen and oxygen atoms in total. The van der Waals surface area contributed by atoms with Gasteiger partial charge in [0.15, 0.2) is 5.76 Å². The van der Waals surface area contributed by atoms with Gasteiger partial charge in [0.25, 0.3) is 0 Å². The van der Waals surface area contributed by atoms with Gasteiger partial charge in [-0.3, -0.25) is 14.9 Å². The van der Waals surface area contributed by atoms with Crippen LogP contribution in [0.4, 0.5) is 5.88 Å². The lowest BCUT2D eigenvalue weighted by atomic mass is 10.1. The number of hydrogen-bond acceptors (Lipinski definition) is 4. The summed E-state index contributed by atoms with van der Waals surface area (Å²) in [4.78, 5) is 22.4. The molecule has 0 fully saturated rings. The monoisotopic (exact) mass is 284 g/mol. The molecule has 6 heteroatoms. The van der Waals surface area contributed by atoms with Crippen LogP contribution in [0.25, 0.3) is 10.9 Å². The Morgan fingerprint density at radius 1 is 1.29 bits per heavy atom. The zero-order chi connectivity index (χ0) is 15.1. The van der Waals surface area contributed by atoms with Crippen molar-refractivity contribution in [1.29, 1.82) is 0 Å². The Hall–Kier alpha value is -2.89. The van der Waals surface area contributed by atoms with Crippen molar-refractivity contribution in [3.8, 4) is 0 Å². The van der Waals surface area contributed by atoms with Gasteiger partial charge in [0, 0.05) is 24.1 Å². The molecule has 106 valence electrons. The highest BCUT2D eigenvalue weighted by atomic mass is 16.6. The van der Waals surface area contributed by atoms with Gasteiger partial charge in [0.1, 0.15) is 4.92 Å². The number of rotatable bonds is 3. The number of furan rings is 1. The molecule has 2 heterocycles. The molecule has 0 aliphatic rings. The van der Waals surface area contributed by atoms with E-state index in [-0.39, 0.29) is 11.5 Å². The number of aromatic nitrogens is 1. The van der Waals surface area contributed by atoms with E-state index >= 15 is 0 Å². The quantitative estimate of drug-likeness (QED) is 0.420. The predicted molar refractivity (Wildman–Crippen MR) is 76.5 cm³/mol. The van der Waals surface area contributed by atoms with Gasteiger partial charge in [-0.2, -0.15) is 0 Å². The summed E-state index contributed by atoms with van der Waals surface area (Å²) in [6.07, 6.45) is 1.71. The molecular formula is C15H12N2O4. The molecule has 21 heavy (non-hydrogen) atoms. The molecule has 0 atom stereocenters. The number of nitro groups is 1. The van der Waals surface area contributed by atoms with Crippen molar-refractivity contribution in [2.45, 2.75) is 6.92 Å². The summed E-state index contributed by atoms with van der Waals surface area (Å²) in [5, 5.41) is 11.4. The maximum Gasteiger partial charge on any atom is 0.433 e. The summed E-state index contributed by atoms with van der Waals surface area (Å²) in [6.45, 7) is 1.98. The zero-order valence-corrected chi connectivity index (χ0v) is 11.5. The Morgan fingerprint density at radius 3 is 2.71 bits per heavy atom. The van der Waals surface area contributed by atoms with Crippen LogP contribution in [0.1, 0.15) is 21.7 Å². The molecule has 0 unspecified atom stereocenters. The summed E-state index contributed by atoms with van der Waals surface area (Å²) < 4.78 is 6.84. The van der Waals surface area contributed by atoms with E-state index in [4.69, 9.17) is 4.42 Å². The largest absolute Gasteiger partial charge is 0.433 e. The van der Waals surface area contributed by atoms with Crippen LogP contribution in [0, 0.1) is 17.0 Å². The summed E-state index contributed by atoms with van der Waals surface area (Å²) in [5.41, 5.74) is 2.49. The van der Waals surface area contributed by atoms with Crippen molar-refractivity contribution in [2.75, 3.05) is 0 Å². The Kier molecular flexibility index (Phi) is 2.86. The van der Waals surface area contributed by atoms with Gasteiger partial charge in [-0.05, 0) is 24.6 Å². The number of benzene rings is 1. The smallest absolute Gasteiger partial charge is 0.397 e. The molecule has 0 radical (unpaired) electrons. The SMILES string of the molecule is Cc1ccc2c(C(=O)c3ccc([N+](=O)[O-])o3)cn(C)c2c1. The van der Waals surface area contributed by atoms with Gasteiger partial charge in [0.2, 0.25) is 5.78 Å². The van der Waals surface area contributed by atoms with Gasteiger partial charge in [-0.25, -0.2) is 0 Å². The van der Waals surface area contributed by atoms with Crippen molar-refractivity contribution in [2.24, 2.45) is 7.05 Å². The summed E-state index contributed by atoms with van der Waals surface area (Å²) in [5.74, 6) is -0.832. The molecule has 3 rings (SSSR count). The number of ketones is 1. The van der Waals surface area contributed by atoms with E-state index in [0.29, 0.717) is 5.56 Å². The molecule has 0 spiro atoms. The number of hydrogen-bond donors (Lipinski definition) is 0. The van der Waals surface area contributed by atoms with Gasteiger partial charge in [-0.15, -0.1) is 0 Å². The third kappa shape index (κ3) is 2.10. The second-order valence-corrected chi connectivity index (χ2v) is 4.90. The minimum absolute atomic E-state index is 0.0326. The fourth-order valence-electron chi connectivity index (χ4n) is 2.36. The first-order valence-corrected chi connectivity index (χ1v) is 6.32. The first-order valence-electron chi connectivity index (χ1n) is 6.32. The Morgan fingerprint density at radius 2 is 2.05 bits per heavy atom. The van der Waals surface area contributed by atoms with Gasteiger partial charge >= 0.3 is 5.88 Å². The van der Waals surface area contributed by atoms with Gasteiger partial charge in [0.05, 0.1) is 11.6 Å². The molecule has 0 amide bonds. The topological polar surface area (TPSA) is 78.3 Å². The van der Waals surface area contributed by atoms with Gasteiger partial charge in [-0.1, -0.05) is 12.1 Å². The molecular weight excluding hydrogens is 272 g/mol. The van der Waals surface area contributed by atoms with Crippen LogP contribution < -0.4 is 0 Å². The van der Waals surface area contributed by atoms with Crippen molar-refractivity contribution in [3.63, 3.8) is 0 Å². The van der Waals surface area contributed by atoms with Crippen LogP contribution in [0.3, 0.4) is 0 Å². The van der Waals surface area contributed by atoms with E-state index < -0.39 is 10.8 Å².